The van der Waals surface area contributed by atoms with E-state index in [1.807, 2.05) is 36.4 Å². The van der Waals surface area contributed by atoms with Crippen LogP contribution in [0, 0.1) is 0 Å². The molecule has 2 aromatic carbocycles. The summed E-state index contributed by atoms with van der Waals surface area (Å²) < 4.78 is 5.70. The maximum absolute atomic E-state index is 9.48. The van der Waals surface area contributed by atoms with Gasteiger partial charge < -0.3 is 14.8 Å². The zero-order chi connectivity index (χ0) is 14.5. The van der Waals surface area contributed by atoms with Crippen molar-refractivity contribution < 1.29 is 14.8 Å². The van der Waals surface area contributed by atoms with Crippen molar-refractivity contribution in [2.24, 2.45) is 0 Å². The molecule has 0 radical (unpaired) electrons. The van der Waals surface area contributed by atoms with Crippen molar-refractivity contribution >= 4 is 12.6 Å². The predicted octanol–water partition coefficient (Wildman–Crippen LogP) is 2.07. The van der Waals surface area contributed by atoms with Crippen LogP contribution in [-0.2, 0) is 6.61 Å². The van der Waals surface area contributed by atoms with Gasteiger partial charge in [0.2, 0.25) is 0 Å². The second-order valence-corrected chi connectivity index (χ2v) is 5.10. The lowest BCUT2D eigenvalue weighted by Crippen LogP contribution is -2.32. The molecule has 2 N–H and O–H groups in total. The van der Waals surface area contributed by atoms with Gasteiger partial charge in [-0.2, -0.15) is 0 Å². The molecule has 0 saturated carbocycles. The molecule has 0 spiro atoms. The summed E-state index contributed by atoms with van der Waals surface area (Å²) in [5, 5.41) is 19.0. The molecule has 0 atom stereocenters. The van der Waals surface area contributed by atoms with Crippen LogP contribution in [0.4, 0.5) is 0 Å². The molecule has 0 amide bonds. The van der Waals surface area contributed by atoms with Crippen LogP contribution >= 0.6 is 0 Å². The molecule has 0 bridgehead atoms. The standard InChI is InChI=1S/C16H19BO3/c1-12(2)14-8-9-16(15(10-14)17(18)19)20-11-13-6-4-3-5-7-13/h3-10,12,18-19H,11H2,1-2H3. The summed E-state index contributed by atoms with van der Waals surface area (Å²) in [6.45, 7) is 4.53. The van der Waals surface area contributed by atoms with Gasteiger partial charge >= 0.3 is 7.12 Å². The van der Waals surface area contributed by atoms with E-state index in [1.54, 1.807) is 12.1 Å². The molecule has 0 fully saturated rings. The molecule has 3 nitrogen and oxygen atoms in total. The Bertz CT molecular complexity index is 553. The van der Waals surface area contributed by atoms with Crippen molar-refractivity contribution in [1.82, 2.24) is 0 Å². The second-order valence-electron chi connectivity index (χ2n) is 5.10. The van der Waals surface area contributed by atoms with E-state index in [-0.39, 0.29) is 0 Å². The van der Waals surface area contributed by atoms with Gasteiger partial charge in [0.05, 0.1) is 0 Å². The molecule has 0 saturated heterocycles. The molecule has 0 aromatic heterocycles. The normalized spacial score (nSPS) is 10.7. The fourth-order valence-corrected chi connectivity index (χ4v) is 1.99. The Kier molecular flexibility index (Phi) is 4.82. The Hall–Kier alpha value is -1.78. The fourth-order valence-electron chi connectivity index (χ4n) is 1.99. The van der Waals surface area contributed by atoms with E-state index < -0.39 is 7.12 Å². The van der Waals surface area contributed by atoms with Crippen LogP contribution < -0.4 is 10.2 Å². The van der Waals surface area contributed by atoms with Crippen LogP contribution in [-0.4, -0.2) is 17.2 Å². The molecule has 2 rings (SSSR count). The number of benzene rings is 2. The van der Waals surface area contributed by atoms with Crippen LogP contribution in [0.2, 0.25) is 0 Å². The van der Waals surface area contributed by atoms with Gasteiger partial charge in [-0.25, -0.2) is 0 Å². The first-order valence-corrected chi connectivity index (χ1v) is 6.74. The van der Waals surface area contributed by atoms with Crippen molar-refractivity contribution in [2.75, 3.05) is 0 Å². The van der Waals surface area contributed by atoms with Gasteiger partial charge in [0.1, 0.15) is 12.4 Å². The highest BCUT2D eigenvalue weighted by Gasteiger charge is 2.18. The van der Waals surface area contributed by atoms with E-state index >= 15 is 0 Å². The van der Waals surface area contributed by atoms with E-state index in [4.69, 9.17) is 4.74 Å². The summed E-state index contributed by atoms with van der Waals surface area (Å²) in [7, 11) is -1.53. The zero-order valence-electron chi connectivity index (χ0n) is 11.8. The van der Waals surface area contributed by atoms with Gasteiger partial charge in [-0.05, 0) is 23.1 Å². The fraction of sp³-hybridized carbons (Fsp3) is 0.250. The lowest BCUT2D eigenvalue weighted by atomic mass is 9.78. The molecule has 0 unspecified atom stereocenters. The first-order chi connectivity index (χ1) is 9.58. The quantitative estimate of drug-likeness (QED) is 0.818. The Morgan fingerprint density at radius 1 is 1.05 bits per heavy atom. The summed E-state index contributed by atoms with van der Waals surface area (Å²) in [6, 6.07) is 15.3. The summed E-state index contributed by atoms with van der Waals surface area (Å²) in [6.07, 6.45) is 0. The molecule has 0 aliphatic rings. The van der Waals surface area contributed by atoms with E-state index in [2.05, 4.69) is 13.8 Å². The minimum atomic E-state index is -1.53. The van der Waals surface area contributed by atoms with Crippen molar-refractivity contribution in [1.29, 1.82) is 0 Å². The lowest BCUT2D eigenvalue weighted by molar-refractivity contribution is 0.306. The van der Waals surface area contributed by atoms with Crippen LogP contribution in [0.5, 0.6) is 5.75 Å². The SMILES string of the molecule is CC(C)c1ccc(OCc2ccccc2)c(B(O)O)c1. The van der Waals surface area contributed by atoms with E-state index in [0.29, 0.717) is 23.7 Å². The van der Waals surface area contributed by atoms with Crippen LogP contribution in [0.1, 0.15) is 30.9 Å². The van der Waals surface area contributed by atoms with Gasteiger partial charge in [-0.1, -0.05) is 56.3 Å². The third kappa shape index (κ3) is 3.62. The van der Waals surface area contributed by atoms with E-state index in [9.17, 15) is 10.0 Å². The molecule has 0 aliphatic carbocycles. The van der Waals surface area contributed by atoms with Gasteiger partial charge in [-0.15, -0.1) is 0 Å². The molecule has 0 aliphatic heterocycles. The molecule has 4 heteroatoms. The van der Waals surface area contributed by atoms with Crippen LogP contribution in [0.3, 0.4) is 0 Å². The monoisotopic (exact) mass is 270 g/mol. The van der Waals surface area contributed by atoms with Gasteiger partial charge in [0, 0.05) is 5.46 Å². The minimum Gasteiger partial charge on any atom is -0.489 e. The maximum atomic E-state index is 9.48. The molecule has 104 valence electrons. The summed E-state index contributed by atoms with van der Waals surface area (Å²) in [5.74, 6) is 0.837. The average Bonchev–Trinajstić information content (AvgIpc) is 2.45. The summed E-state index contributed by atoms with van der Waals surface area (Å²) >= 11 is 0. The van der Waals surface area contributed by atoms with Crippen LogP contribution in [0.15, 0.2) is 48.5 Å². The number of hydrogen-bond acceptors (Lipinski definition) is 3. The number of ether oxygens (including phenoxy) is 1. The third-order valence-corrected chi connectivity index (χ3v) is 3.22. The summed E-state index contributed by atoms with van der Waals surface area (Å²) in [4.78, 5) is 0. The maximum Gasteiger partial charge on any atom is 0.492 e. The zero-order valence-corrected chi connectivity index (χ0v) is 11.8. The molecule has 20 heavy (non-hydrogen) atoms. The Morgan fingerprint density at radius 3 is 2.35 bits per heavy atom. The van der Waals surface area contributed by atoms with E-state index in [0.717, 1.165) is 11.1 Å². The summed E-state index contributed by atoms with van der Waals surface area (Å²) in [5.41, 5.74) is 2.51. The van der Waals surface area contributed by atoms with Crippen molar-refractivity contribution in [3.05, 3.63) is 59.7 Å². The lowest BCUT2D eigenvalue weighted by Gasteiger charge is -2.14. The number of hydrogen-bond donors (Lipinski definition) is 2. The highest BCUT2D eigenvalue weighted by atomic mass is 16.5. The van der Waals surface area contributed by atoms with Crippen molar-refractivity contribution in [2.45, 2.75) is 26.4 Å². The molecule has 2 aromatic rings. The van der Waals surface area contributed by atoms with Crippen molar-refractivity contribution in [3.63, 3.8) is 0 Å². The first kappa shape index (κ1) is 14.6. The average molecular weight is 270 g/mol. The highest BCUT2D eigenvalue weighted by molar-refractivity contribution is 6.59. The first-order valence-electron chi connectivity index (χ1n) is 6.74. The topological polar surface area (TPSA) is 49.7 Å². The van der Waals surface area contributed by atoms with Crippen molar-refractivity contribution in [3.8, 4) is 5.75 Å². The second kappa shape index (κ2) is 6.59. The highest BCUT2D eigenvalue weighted by Crippen LogP contribution is 2.18. The Morgan fingerprint density at radius 2 is 1.75 bits per heavy atom. The smallest absolute Gasteiger partial charge is 0.489 e. The molecular formula is C16H19BO3. The Labute approximate surface area is 120 Å². The largest absolute Gasteiger partial charge is 0.492 e. The molecular weight excluding hydrogens is 251 g/mol. The van der Waals surface area contributed by atoms with Gasteiger partial charge in [-0.3, -0.25) is 0 Å². The minimum absolute atomic E-state index is 0.329. The number of rotatable bonds is 5. The Balaban J connectivity index is 2.18. The molecule has 0 heterocycles. The van der Waals surface area contributed by atoms with Crippen LogP contribution in [0.25, 0.3) is 0 Å². The predicted molar refractivity (Wildman–Crippen MR) is 81.1 cm³/mol. The van der Waals surface area contributed by atoms with E-state index in [1.165, 1.54) is 0 Å². The van der Waals surface area contributed by atoms with Gasteiger partial charge in [0.15, 0.2) is 0 Å². The van der Waals surface area contributed by atoms with Gasteiger partial charge in [0.25, 0.3) is 0 Å². The third-order valence-electron chi connectivity index (χ3n) is 3.22.